The van der Waals surface area contributed by atoms with E-state index in [1.807, 2.05) is 0 Å². The average Bonchev–Trinajstić information content (AvgIpc) is 2.56. The van der Waals surface area contributed by atoms with Gasteiger partial charge in [0.2, 0.25) is 5.91 Å². The van der Waals surface area contributed by atoms with Crippen LogP contribution < -0.4 is 9.47 Å². The normalized spacial score (nSPS) is 15.3. The zero-order valence-electron chi connectivity index (χ0n) is 13.2. The Morgan fingerprint density at radius 3 is 2.30 bits per heavy atom. The molecule has 1 N–H and O–H groups in total. The minimum atomic E-state index is -0.778. The van der Waals surface area contributed by atoms with Crippen LogP contribution in [-0.2, 0) is 16.0 Å². The largest absolute Gasteiger partial charge is 0.493 e. The van der Waals surface area contributed by atoms with E-state index >= 15 is 0 Å². The molecule has 0 spiro atoms. The molecule has 0 aromatic heterocycles. The second kappa shape index (κ2) is 7.68. The number of aliphatic carboxylic acids is 1. The monoisotopic (exact) mass is 385 g/mol. The highest BCUT2D eigenvalue weighted by Crippen LogP contribution is 2.33. The second-order valence-corrected chi connectivity index (χ2v) is 6.32. The van der Waals surface area contributed by atoms with Crippen molar-refractivity contribution in [3.63, 3.8) is 0 Å². The molecule has 126 valence electrons. The number of ether oxygens (including phenoxy) is 2. The Balaban J connectivity index is 2.05. The van der Waals surface area contributed by atoms with Gasteiger partial charge in [0.15, 0.2) is 11.5 Å². The van der Waals surface area contributed by atoms with Crippen LogP contribution in [0.15, 0.2) is 16.6 Å². The number of nitrogens with zero attached hydrogens (tertiary/aromatic N) is 1. The molecule has 1 fully saturated rings. The number of benzene rings is 1. The van der Waals surface area contributed by atoms with Gasteiger partial charge in [-0.25, -0.2) is 0 Å². The van der Waals surface area contributed by atoms with Crippen molar-refractivity contribution < 1.29 is 24.2 Å². The third-order valence-electron chi connectivity index (χ3n) is 4.09. The Labute approximate surface area is 143 Å². The van der Waals surface area contributed by atoms with Gasteiger partial charge in [-0.1, -0.05) is 15.9 Å². The van der Waals surface area contributed by atoms with Gasteiger partial charge >= 0.3 is 5.97 Å². The lowest BCUT2D eigenvalue weighted by Gasteiger charge is -2.30. The Hall–Kier alpha value is -1.76. The molecule has 1 aromatic rings. The molecule has 0 radical (unpaired) electrons. The standard InChI is InChI=1S/C16H20BrNO5/c1-22-13-7-11(12(17)9-14(13)23-2)8-15(19)18-5-3-10(4-6-18)16(20)21/h7,9-10H,3-6,8H2,1-2H3,(H,20,21). The average molecular weight is 386 g/mol. The molecule has 7 heteroatoms. The first-order chi connectivity index (χ1) is 11.0. The van der Waals surface area contributed by atoms with Gasteiger partial charge in [0.05, 0.1) is 26.6 Å². The smallest absolute Gasteiger partial charge is 0.306 e. The highest BCUT2D eigenvalue weighted by atomic mass is 79.9. The van der Waals surface area contributed by atoms with E-state index in [-0.39, 0.29) is 18.2 Å². The minimum Gasteiger partial charge on any atom is -0.493 e. The molecule has 2 rings (SSSR count). The van der Waals surface area contributed by atoms with Crippen molar-refractivity contribution in [1.82, 2.24) is 4.90 Å². The first-order valence-corrected chi connectivity index (χ1v) is 8.16. The van der Waals surface area contributed by atoms with Crippen LogP contribution in [0.5, 0.6) is 11.5 Å². The summed E-state index contributed by atoms with van der Waals surface area (Å²) >= 11 is 3.45. The molecule has 1 aliphatic heterocycles. The van der Waals surface area contributed by atoms with E-state index in [2.05, 4.69) is 15.9 Å². The van der Waals surface area contributed by atoms with E-state index < -0.39 is 5.97 Å². The summed E-state index contributed by atoms with van der Waals surface area (Å²) in [6.07, 6.45) is 1.25. The number of hydrogen-bond acceptors (Lipinski definition) is 4. The van der Waals surface area contributed by atoms with E-state index in [1.54, 1.807) is 31.3 Å². The molecule has 1 amide bonds. The van der Waals surface area contributed by atoms with Crippen LogP contribution in [-0.4, -0.2) is 49.2 Å². The highest BCUT2D eigenvalue weighted by Gasteiger charge is 2.27. The summed E-state index contributed by atoms with van der Waals surface area (Å²) in [7, 11) is 3.11. The number of halogens is 1. The van der Waals surface area contributed by atoms with E-state index in [1.165, 1.54) is 0 Å². The Bertz CT molecular complexity index is 596. The van der Waals surface area contributed by atoms with E-state index in [0.29, 0.717) is 37.4 Å². The Morgan fingerprint density at radius 2 is 1.78 bits per heavy atom. The summed E-state index contributed by atoms with van der Waals surface area (Å²) in [5.74, 6) is 0.0364. The molecule has 0 saturated carbocycles. The molecule has 1 aliphatic rings. The van der Waals surface area contributed by atoms with Gasteiger partial charge in [0, 0.05) is 17.6 Å². The summed E-state index contributed by atoms with van der Waals surface area (Å²) in [5, 5.41) is 9.01. The molecular weight excluding hydrogens is 366 g/mol. The van der Waals surface area contributed by atoms with Gasteiger partial charge in [-0.15, -0.1) is 0 Å². The fraction of sp³-hybridized carbons (Fsp3) is 0.500. The second-order valence-electron chi connectivity index (χ2n) is 5.47. The van der Waals surface area contributed by atoms with Crippen molar-refractivity contribution in [3.05, 3.63) is 22.2 Å². The number of carboxylic acid groups (broad SMARTS) is 1. The van der Waals surface area contributed by atoms with Gasteiger partial charge in [-0.05, 0) is 30.5 Å². The zero-order chi connectivity index (χ0) is 17.0. The van der Waals surface area contributed by atoms with Gasteiger partial charge < -0.3 is 19.5 Å². The number of carboxylic acids is 1. The molecule has 0 unspecified atom stereocenters. The highest BCUT2D eigenvalue weighted by molar-refractivity contribution is 9.10. The lowest BCUT2D eigenvalue weighted by molar-refractivity contribution is -0.145. The lowest BCUT2D eigenvalue weighted by atomic mass is 9.96. The predicted molar refractivity (Wildman–Crippen MR) is 87.9 cm³/mol. The van der Waals surface area contributed by atoms with Gasteiger partial charge in [0.1, 0.15) is 0 Å². The number of methoxy groups -OCH3 is 2. The number of carbonyl (C=O) groups is 2. The summed E-state index contributed by atoms with van der Waals surface area (Å²) in [5.41, 5.74) is 0.813. The molecule has 0 bridgehead atoms. The molecule has 1 heterocycles. The maximum Gasteiger partial charge on any atom is 0.306 e. The number of rotatable bonds is 5. The quantitative estimate of drug-likeness (QED) is 0.841. The number of carbonyl (C=O) groups excluding carboxylic acids is 1. The van der Waals surface area contributed by atoms with Crippen molar-refractivity contribution in [2.45, 2.75) is 19.3 Å². The van der Waals surface area contributed by atoms with Gasteiger partial charge in [-0.3, -0.25) is 9.59 Å². The molecule has 0 atom stereocenters. The van der Waals surface area contributed by atoms with Crippen LogP contribution in [0.3, 0.4) is 0 Å². The van der Waals surface area contributed by atoms with Crippen LogP contribution in [0.25, 0.3) is 0 Å². The summed E-state index contributed by atoms with van der Waals surface area (Å²) < 4.78 is 11.3. The van der Waals surface area contributed by atoms with Crippen molar-refractivity contribution in [1.29, 1.82) is 0 Å². The van der Waals surface area contributed by atoms with Crippen molar-refractivity contribution in [3.8, 4) is 11.5 Å². The first-order valence-electron chi connectivity index (χ1n) is 7.37. The topological polar surface area (TPSA) is 76.1 Å². The number of likely N-dealkylation sites (tertiary alicyclic amines) is 1. The predicted octanol–water partition coefficient (Wildman–Crippen LogP) is 2.33. The summed E-state index contributed by atoms with van der Waals surface area (Å²) in [6.45, 7) is 0.974. The number of amides is 1. The third kappa shape index (κ3) is 4.16. The van der Waals surface area contributed by atoms with Crippen molar-refractivity contribution in [2.24, 2.45) is 5.92 Å². The summed E-state index contributed by atoms with van der Waals surface area (Å²) in [6, 6.07) is 3.56. The SMILES string of the molecule is COc1cc(Br)c(CC(=O)N2CCC(C(=O)O)CC2)cc1OC. The van der Waals surface area contributed by atoms with Crippen LogP contribution in [0.2, 0.25) is 0 Å². The van der Waals surface area contributed by atoms with Gasteiger partial charge in [-0.2, -0.15) is 0 Å². The van der Waals surface area contributed by atoms with Crippen molar-refractivity contribution in [2.75, 3.05) is 27.3 Å². The van der Waals surface area contributed by atoms with Crippen LogP contribution >= 0.6 is 15.9 Å². The molecular formula is C16H20BrNO5. The number of hydrogen-bond donors (Lipinski definition) is 1. The third-order valence-corrected chi connectivity index (χ3v) is 4.83. The summed E-state index contributed by atoms with van der Waals surface area (Å²) in [4.78, 5) is 25.1. The van der Waals surface area contributed by atoms with Crippen LogP contribution in [0.4, 0.5) is 0 Å². The van der Waals surface area contributed by atoms with Crippen LogP contribution in [0, 0.1) is 5.92 Å². The number of piperidine rings is 1. The fourth-order valence-corrected chi connectivity index (χ4v) is 3.14. The van der Waals surface area contributed by atoms with Crippen molar-refractivity contribution >= 4 is 27.8 Å². The maximum atomic E-state index is 12.4. The zero-order valence-corrected chi connectivity index (χ0v) is 14.8. The van der Waals surface area contributed by atoms with Crippen LogP contribution in [0.1, 0.15) is 18.4 Å². The molecule has 23 heavy (non-hydrogen) atoms. The van der Waals surface area contributed by atoms with E-state index in [9.17, 15) is 9.59 Å². The molecule has 1 saturated heterocycles. The molecule has 6 nitrogen and oxygen atoms in total. The fourth-order valence-electron chi connectivity index (χ4n) is 2.68. The minimum absolute atomic E-state index is 0.0123. The van der Waals surface area contributed by atoms with Gasteiger partial charge in [0.25, 0.3) is 0 Å². The Kier molecular flexibility index (Phi) is 5.87. The Morgan fingerprint density at radius 1 is 1.22 bits per heavy atom. The lowest BCUT2D eigenvalue weighted by Crippen LogP contribution is -2.41. The van der Waals surface area contributed by atoms with E-state index in [0.717, 1.165) is 10.0 Å². The first kappa shape index (κ1) is 17.6. The maximum absolute atomic E-state index is 12.4. The van der Waals surface area contributed by atoms with E-state index in [4.69, 9.17) is 14.6 Å². The molecule has 0 aliphatic carbocycles. The molecule has 1 aromatic carbocycles.